The van der Waals surface area contributed by atoms with E-state index in [1.54, 1.807) is 14.2 Å². The molecule has 0 aromatic carbocycles. The van der Waals surface area contributed by atoms with Crippen molar-refractivity contribution < 1.29 is 23.8 Å². The van der Waals surface area contributed by atoms with Crippen molar-refractivity contribution in [2.45, 2.75) is 77.6 Å². The van der Waals surface area contributed by atoms with Crippen molar-refractivity contribution >= 4 is 11.8 Å². The number of esters is 1. The molecule has 0 saturated heterocycles. The van der Waals surface area contributed by atoms with Gasteiger partial charge in [-0.25, -0.2) is 0 Å². The van der Waals surface area contributed by atoms with Crippen LogP contribution in [-0.4, -0.2) is 38.4 Å². The fourth-order valence-corrected chi connectivity index (χ4v) is 7.58. The lowest BCUT2D eigenvalue weighted by molar-refractivity contribution is -0.215. The first-order valence-electron chi connectivity index (χ1n) is 10.8. The number of methoxy groups -OCH3 is 2. The molecule has 3 fully saturated rings. The molecule has 0 unspecified atom stereocenters. The zero-order valence-corrected chi connectivity index (χ0v) is 17.7. The molecular weight excluding hydrogens is 356 g/mol. The average Bonchev–Trinajstić information content (AvgIpc) is 2.98. The molecule has 0 aromatic rings. The Kier molecular flexibility index (Phi) is 5.20. The highest BCUT2D eigenvalue weighted by Gasteiger charge is 2.63. The zero-order chi connectivity index (χ0) is 20.1. The molecule has 0 bridgehead atoms. The Labute approximate surface area is 168 Å². The predicted octanol–water partition coefficient (Wildman–Crippen LogP) is 4.05. The Morgan fingerprint density at radius 1 is 1.07 bits per heavy atom. The molecule has 5 nitrogen and oxygen atoms in total. The second-order valence-corrected chi connectivity index (χ2v) is 9.62. The quantitative estimate of drug-likeness (QED) is 0.535. The summed E-state index contributed by atoms with van der Waals surface area (Å²) in [4.78, 5) is 23.8. The summed E-state index contributed by atoms with van der Waals surface area (Å²) in [5.74, 6) is 1.66. The summed E-state index contributed by atoms with van der Waals surface area (Å²) < 4.78 is 17.5. The smallest absolute Gasteiger partial charge is 0.302 e. The summed E-state index contributed by atoms with van der Waals surface area (Å²) in [7, 11) is 3.44. The van der Waals surface area contributed by atoms with Crippen molar-refractivity contribution in [3.05, 3.63) is 11.6 Å². The van der Waals surface area contributed by atoms with E-state index in [0.29, 0.717) is 24.2 Å². The number of fused-ring (bicyclic) bond motifs is 5. The maximum Gasteiger partial charge on any atom is 0.302 e. The van der Waals surface area contributed by atoms with E-state index in [1.807, 2.05) is 6.08 Å². The molecule has 0 aliphatic heterocycles. The van der Waals surface area contributed by atoms with Gasteiger partial charge in [0.05, 0.1) is 0 Å². The minimum Gasteiger partial charge on any atom is -0.462 e. The van der Waals surface area contributed by atoms with Gasteiger partial charge in [0, 0.05) is 38.4 Å². The highest BCUT2D eigenvalue weighted by Crippen LogP contribution is 2.66. The van der Waals surface area contributed by atoms with Crippen LogP contribution in [-0.2, 0) is 23.8 Å². The number of hydrogen-bond donors (Lipinski definition) is 0. The molecule has 156 valence electrons. The van der Waals surface area contributed by atoms with Gasteiger partial charge < -0.3 is 14.2 Å². The first kappa shape index (κ1) is 20.1. The number of ketones is 1. The Balaban J connectivity index is 1.70. The van der Waals surface area contributed by atoms with Gasteiger partial charge in [-0.1, -0.05) is 12.5 Å². The minimum atomic E-state index is -0.310. The van der Waals surface area contributed by atoms with Crippen LogP contribution in [0, 0.1) is 28.6 Å². The Morgan fingerprint density at radius 3 is 2.50 bits per heavy atom. The molecule has 0 heterocycles. The molecular formula is C23H34O5. The van der Waals surface area contributed by atoms with E-state index in [0.717, 1.165) is 44.9 Å². The molecule has 0 amide bonds. The molecule has 0 N–H and O–H groups in total. The molecule has 4 aliphatic rings. The lowest BCUT2D eigenvalue weighted by Crippen LogP contribution is -2.57. The number of ether oxygens (including phenoxy) is 3. The largest absolute Gasteiger partial charge is 0.462 e. The highest BCUT2D eigenvalue weighted by molar-refractivity contribution is 5.91. The Bertz CT molecular complexity index is 680. The van der Waals surface area contributed by atoms with Crippen LogP contribution >= 0.6 is 0 Å². The standard InChI is InChI=1S/C23H34O5/c1-14(24)28-20-8-7-18-17-6-5-15-13-16(25)9-12-23(15,21(26-3)27-4)19(17)10-11-22(18,20)2/h13,17-21H,5-12H2,1-4H3/t17-,18-,19-,20-,22-,23+/m0/s1. The first-order valence-corrected chi connectivity index (χ1v) is 10.8. The van der Waals surface area contributed by atoms with E-state index in [1.165, 1.54) is 12.5 Å². The van der Waals surface area contributed by atoms with Gasteiger partial charge in [0.15, 0.2) is 12.1 Å². The van der Waals surface area contributed by atoms with Crippen LogP contribution in [0.25, 0.3) is 0 Å². The van der Waals surface area contributed by atoms with Crippen molar-refractivity contribution in [3.8, 4) is 0 Å². The third-order valence-electron chi connectivity index (χ3n) is 8.63. The number of carbonyl (C=O) groups is 2. The number of hydrogen-bond acceptors (Lipinski definition) is 5. The molecule has 0 radical (unpaired) electrons. The van der Waals surface area contributed by atoms with Crippen LogP contribution < -0.4 is 0 Å². The van der Waals surface area contributed by atoms with Crippen molar-refractivity contribution in [2.75, 3.05) is 14.2 Å². The lowest BCUT2D eigenvalue weighted by atomic mass is 9.46. The van der Waals surface area contributed by atoms with Gasteiger partial charge >= 0.3 is 5.97 Å². The Hall–Kier alpha value is -1.20. The molecule has 4 aliphatic carbocycles. The van der Waals surface area contributed by atoms with E-state index < -0.39 is 0 Å². The molecule has 0 spiro atoms. The molecule has 0 aromatic heterocycles. The third-order valence-corrected chi connectivity index (χ3v) is 8.63. The average molecular weight is 391 g/mol. The minimum absolute atomic E-state index is 0.0393. The second-order valence-electron chi connectivity index (χ2n) is 9.62. The topological polar surface area (TPSA) is 61.8 Å². The van der Waals surface area contributed by atoms with E-state index in [9.17, 15) is 9.59 Å². The molecule has 3 saturated carbocycles. The van der Waals surface area contributed by atoms with Crippen LogP contribution in [0.4, 0.5) is 0 Å². The fraction of sp³-hybridized carbons (Fsp3) is 0.826. The molecule has 5 heteroatoms. The van der Waals surface area contributed by atoms with Crippen LogP contribution in [0.5, 0.6) is 0 Å². The van der Waals surface area contributed by atoms with Gasteiger partial charge in [0.25, 0.3) is 0 Å². The van der Waals surface area contributed by atoms with Crippen LogP contribution in [0.15, 0.2) is 11.6 Å². The van der Waals surface area contributed by atoms with Gasteiger partial charge in [-0.2, -0.15) is 0 Å². The van der Waals surface area contributed by atoms with Gasteiger partial charge in [0.2, 0.25) is 0 Å². The molecule has 6 atom stereocenters. The van der Waals surface area contributed by atoms with Crippen molar-refractivity contribution in [3.63, 3.8) is 0 Å². The predicted molar refractivity (Wildman–Crippen MR) is 104 cm³/mol. The normalized spacial score (nSPS) is 42.5. The lowest BCUT2D eigenvalue weighted by Gasteiger charge is -2.60. The van der Waals surface area contributed by atoms with Gasteiger partial charge in [-0.3, -0.25) is 9.59 Å². The van der Waals surface area contributed by atoms with Crippen LogP contribution in [0.1, 0.15) is 65.2 Å². The van der Waals surface area contributed by atoms with Gasteiger partial charge in [-0.15, -0.1) is 0 Å². The van der Waals surface area contributed by atoms with Crippen molar-refractivity contribution in [1.82, 2.24) is 0 Å². The highest BCUT2D eigenvalue weighted by atomic mass is 16.7. The summed E-state index contributed by atoms with van der Waals surface area (Å²) in [6.07, 6.45) is 9.30. The summed E-state index contributed by atoms with van der Waals surface area (Å²) in [6, 6.07) is 0. The Morgan fingerprint density at radius 2 is 1.82 bits per heavy atom. The van der Waals surface area contributed by atoms with Gasteiger partial charge in [-0.05, 0) is 68.8 Å². The van der Waals surface area contributed by atoms with E-state index in [4.69, 9.17) is 14.2 Å². The molecule has 28 heavy (non-hydrogen) atoms. The maximum absolute atomic E-state index is 12.2. The third kappa shape index (κ3) is 2.80. The first-order chi connectivity index (χ1) is 13.4. The van der Waals surface area contributed by atoms with Crippen molar-refractivity contribution in [1.29, 1.82) is 0 Å². The van der Waals surface area contributed by atoms with E-state index in [2.05, 4.69) is 6.92 Å². The van der Waals surface area contributed by atoms with Gasteiger partial charge in [0.1, 0.15) is 6.10 Å². The fourth-order valence-electron chi connectivity index (χ4n) is 7.58. The summed E-state index contributed by atoms with van der Waals surface area (Å²) >= 11 is 0. The number of rotatable bonds is 4. The maximum atomic E-state index is 12.2. The van der Waals surface area contributed by atoms with E-state index >= 15 is 0 Å². The number of carbonyl (C=O) groups excluding carboxylic acids is 2. The zero-order valence-electron chi connectivity index (χ0n) is 17.7. The molecule has 4 rings (SSSR count). The van der Waals surface area contributed by atoms with Crippen molar-refractivity contribution in [2.24, 2.45) is 28.6 Å². The monoisotopic (exact) mass is 390 g/mol. The van der Waals surface area contributed by atoms with Crippen LogP contribution in [0.2, 0.25) is 0 Å². The second kappa shape index (κ2) is 7.24. The van der Waals surface area contributed by atoms with Crippen LogP contribution in [0.3, 0.4) is 0 Å². The summed E-state index contributed by atoms with van der Waals surface area (Å²) in [5.41, 5.74) is 1.12. The SMILES string of the molecule is COC(OC)[C@]12CCC(=O)C=C1CC[C@H]1[C@@H]3CC[C@H](OC(C)=O)[C@@]3(C)CC[C@@H]12. The summed E-state index contributed by atoms with van der Waals surface area (Å²) in [6.45, 7) is 3.86. The summed E-state index contributed by atoms with van der Waals surface area (Å²) in [5, 5.41) is 0. The van der Waals surface area contributed by atoms with E-state index in [-0.39, 0.29) is 35.0 Å².